The van der Waals surface area contributed by atoms with Crippen molar-refractivity contribution in [3.63, 3.8) is 0 Å². The third-order valence-electron chi connectivity index (χ3n) is 5.03. The molecule has 0 unspecified atom stereocenters. The fraction of sp³-hybridized carbons (Fsp3) is 0.273. The number of halogens is 1. The summed E-state index contributed by atoms with van der Waals surface area (Å²) in [4.78, 5) is 12.9. The Morgan fingerprint density at radius 3 is 2.46 bits per heavy atom. The Morgan fingerprint density at radius 1 is 1.14 bits per heavy atom. The van der Waals surface area contributed by atoms with Crippen molar-refractivity contribution >= 4 is 18.3 Å². The van der Waals surface area contributed by atoms with E-state index in [0.29, 0.717) is 23.7 Å². The first-order valence-corrected chi connectivity index (χ1v) is 9.48. The summed E-state index contributed by atoms with van der Waals surface area (Å²) in [6.45, 7) is 4.76. The minimum atomic E-state index is -0.0707. The van der Waals surface area contributed by atoms with Gasteiger partial charge in [0.1, 0.15) is 5.69 Å². The number of nitrogens with one attached hydrogen (secondary N) is 2. The highest BCUT2D eigenvalue weighted by atomic mass is 35.5. The Bertz CT molecular complexity index is 917. The molecule has 146 valence electrons. The molecule has 5 nitrogen and oxygen atoms in total. The van der Waals surface area contributed by atoms with Crippen LogP contribution in [-0.4, -0.2) is 35.3 Å². The van der Waals surface area contributed by atoms with Gasteiger partial charge >= 0.3 is 0 Å². The molecular formula is C22H25ClN4O. The van der Waals surface area contributed by atoms with E-state index in [9.17, 15) is 4.79 Å². The van der Waals surface area contributed by atoms with Gasteiger partial charge in [0.2, 0.25) is 0 Å². The SMILES string of the molecule is CCc1ccc(-c2nn(-c3ccccc3)cc2C(=O)NCC2CNC2)cc1.Cl. The average Bonchev–Trinajstić information content (AvgIpc) is 3.13. The fourth-order valence-corrected chi connectivity index (χ4v) is 3.19. The fourth-order valence-electron chi connectivity index (χ4n) is 3.19. The summed E-state index contributed by atoms with van der Waals surface area (Å²) in [5.74, 6) is 0.448. The molecule has 2 heterocycles. The molecule has 0 bridgehead atoms. The van der Waals surface area contributed by atoms with Crippen LogP contribution in [0.3, 0.4) is 0 Å². The Balaban J connectivity index is 0.00000225. The highest BCUT2D eigenvalue weighted by molar-refractivity contribution is 6.00. The number of rotatable bonds is 6. The number of para-hydroxylation sites is 1. The van der Waals surface area contributed by atoms with Crippen molar-refractivity contribution in [2.45, 2.75) is 13.3 Å². The molecule has 0 saturated carbocycles. The molecule has 0 atom stereocenters. The van der Waals surface area contributed by atoms with Crippen molar-refractivity contribution in [3.05, 3.63) is 71.9 Å². The van der Waals surface area contributed by atoms with E-state index in [1.807, 2.05) is 48.7 Å². The number of aryl methyl sites for hydroxylation is 1. The number of amides is 1. The maximum atomic E-state index is 12.9. The largest absolute Gasteiger partial charge is 0.352 e. The van der Waals surface area contributed by atoms with Crippen molar-refractivity contribution in [1.82, 2.24) is 20.4 Å². The summed E-state index contributed by atoms with van der Waals surface area (Å²) in [6.07, 6.45) is 2.81. The second-order valence-electron chi connectivity index (χ2n) is 6.96. The molecule has 6 heteroatoms. The Morgan fingerprint density at radius 2 is 1.86 bits per heavy atom. The lowest BCUT2D eigenvalue weighted by Crippen LogP contribution is -2.48. The topological polar surface area (TPSA) is 59.0 Å². The molecule has 0 aliphatic carbocycles. The van der Waals surface area contributed by atoms with Gasteiger partial charge in [-0.3, -0.25) is 4.79 Å². The minimum Gasteiger partial charge on any atom is -0.352 e. The molecule has 0 radical (unpaired) electrons. The van der Waals surface area contributed by atoms with Crippen molar-refractivity contribution in [3.8, 4) is 16.9 Å². The first-order chi connectivity index (χ1) is 13.2. The van der Waals surface area contributed by atoms with Crippen LogP contribution in [0.25, 0.3) is 16.9 Å². The summed E-state index contributed by atoms with van der Waals surface area (Å²) < 4.78 is 1.78. The van der Waals surface area contributed by atoms with Crippen LogP contribution in [0.1, 0.15) is 22.8 Å². The summed E-state index contributed by atoms with van der Waals surface area (Å²) in [5.41, 5.74) is 4.48. The Labute approximate surface area is 171 Å². The number of hydrogen-bond donors (Lipinski definition) is 2. The van der Waals surface area contributed by atoms with Crippen molar-refractivity contribution in [2.24, 2.45) is 5.92 Å². The van der Waals surface area contributed by atoms with E-state index in [0.717, 1.165) is 30.8 Å². The van der Waals surface area contributed by atoms with Crippen molar-refractivity contribution in [2.75, 3.05) is 19.6 Å². The quantitative estimate of drug-likeness (QED) is 0.670. The van der Waals surface area contributed by atoms with Gasteiger partial charge in [0.05, 0.1) is 11.3 Å². The van der Waals surface area contributed by atoms with Gasteiger partial charge in [0, 0.05) is 37.3 Å². The monoisotopic (exact) mass is 396 g/mol. The molecule has 4 rings (SSSR count). The smallest absolute Gasteiger partial charge is 0.255 e. The maximum absolute atomic E-state index is 12.9. The number of nitrogens with zero attached hydrogens (tertiary/aromatic N) is 2. The van der Waals surface area contributed by atoms with Crippen LogP contribution in [0.2, 0.25) is 0 Å². The summed E-state index contributed by atoms with van der Waals surface area (Å²) in [5, 5.41) is 11.0. The van der Waals surface area contributed by atoms with Gasteiger partial charge in [-0.05, 0) is 24.1 Å². The zero-order chi connectivity index (χ0) is 18.6. The summed E-state index contributed by atoms with van der Waals surface area (Å²) in [7, 11) is 0. The second-order valence-corrected chi connectivity index (χ2v) is 6.96. The summed E-state index contributed by atoms with van der Waals surface area (Å²) >= 11 is 0. The lowest BCUT2D eigenvalue weighted by Gasteiger charge is -2.27. The first kappa shape index (κ1) is 20.1. The number of carbonyl (C=O) groups excluding carboxylic acids is 1. The molecule has 1 amide bonds. The molecule has 0 spiro atoms. The predicted octanol–water partition coefficient (Wildman–Crippen LogP) is 3.47. The molecule has 1 aromatic heterocycles. The van der Waals surface area contributed by atoms with E-state index in [1.54, 1.807) is 4.68 Å². The van der Waals surface area contributed by atoms with Gasteiger partial charge in [-0.1, -0.05) is 49.4 Å². The van der Waals surface area contributed by atoms with Crippen LogP contribution >= 0.6 is 12.4 Å². The normalized spacial score (nSPS) is 13.5. The van der Waals surface area contributed by atoms with Gasteiger partial charge in [-0.15, -0.1) is 12.4 Å². The zero-order valence-electron chi connectivity index (χ0n) is 15.9. The van der Waals surface area contributed by atoms with E-state index >= 15 is 0 Å². The lowest BCUT2D eigenvalue weighted by molar-refractivity contribution is 0.0943. The van der Waals surface area contributed by atoms with Gasteiger partial charge in [-0.2, -0.15) is 5.10 Å². The third-order valence-corrected chi connectivity index (χ3v) is 5.03. The van der Waals surface area contributed by atoms with Gasteiger partial charge in [-0.25, -0.2) is 4.68 Å². The minimum absolute atomic E-state index is 0. The molecule has 1 aliphatic rings. The van der Waals surface area contributed by atoms with Crippen LogP contribution in [0.15, 0.2) is 60.8 Å². The van der Waals surface area contributed by atoms with Crippen molar-refractivity contribution < 1.29 is 4.79 Å². The van der Waals surface area contributed by atoms with E-state index in [4.69, 9.17) is 5.10 Å². The van der Waals surface area contributed by atoms with Gasteiger partial charge in [0.25, 0.3) is 5.91 Å². The third kappa shape index (κ3) is 4.26. The Hall–Kier alpha value is -2.63. The molecular weight excluding hydrogens is 372 g/mol. The first-order valence-electron chi connectivity index (χ1n) is 9.48. The van der Waals surface area contributed by atoms with Gasteiger partial charge in [0.15, 0.2) is 0 Å². The predicted molar refractivity (Wildman–Crippen MR) is 114 cm³/mol. The molecule has 1 aliphatic heterocycles. The highest BCUT2D eigenvalue weighted by Gasteiger charge is 2.21. The standard InChI is InChI=1S/C22H24N4O.ClH/c1-2-16-8-10-18(11-9-16)21-20(22(27)24-14-17-12-23-13-17)15-26(25-21)19-6-4-3-5-7-19;/h3-11,15,17,23H,2,12-14H2,1H3,(H,24,27);1H. The van der Waals surface area contributed by atoms with Crippen LogP contribution in [0.5, 0.6) is 0 Å². The lowest BCUT2D eigenvalue weighted by atomic mass is 10.0. The van der Waals surface area contributed by atoms with Crippen molar-refractivity contribution in [1.29, 1.82) is 0 Å². The number of hydrogen-bond acceptors (Lipinski definition) is 3. The summed E-state index contributed by atoms with van der Waals surface area (Å²) in [6, 6.07) is 18.2. The van der Waals surface area contributed by atoms with E-state index in [2.05, 4.69) is 29.7 Å². The molecule has 28 heavy (non-hydrogen) atoms. The van der Waals surface area contributed by atoms with E-state index < -0.39 is 0 Å². The molecule has 1 saturated heterocycles. The zero-order valence-corrected chi connectivity index (χ0v) is 16.7. The molecule has 2 N–H and O–H groups in total. The molecule has 3 aromatic rings. The average molecular weight is 397 g/mol. The number of benzene rings is 2. The van der Waals surface area contributed by atoms with Crippen LogP contribution in [0, 0.1) is 5.92 Å². The number of carbonyl (C=O) groups is 1. The van der Waals surface area contributed by atoms with E-state index in [-0.39, 0.29) is 18.3 Å². The van der Waals surface area contributed by atoms with Crippen LogP contribution in [-0.2, 0) is 6.42 Å². The van der Waals surface area contributed by atoms with E-state index in [1.165, 1.54) is 5.56 Å². The van der Waals surface area contributed by atoms with Crippen LogP contribution < -0.4 is 10.6 Å². The Kier molecular flexibility index (Phi) is 6.49. The highest BCUT2D eigenvalue weighted by Crippen LogP contribution is 2.24. The second kappa shape index (κ2) is 9.04. The maximum Gasteiger partial charge on any atom is 0.255 e. The van der Waals surface area contributed by atoms with Gasteiger partial charge < -0.3 is 10.6 Å². The number of aromatic nitrogens is 2. The molecule has 2 aromatic carbocycles. The van der Waals surface area contributed by atoms with Crippen LogP contribution in [0.4, 0.5) is 0 Å². The molecule has 1 fully saturated rings.